The second kappa shape index (κ2) is 7.54. The summed E-state index contributed by atoms with van der Waals surface area (Å²) in [5.74, 6) is -0.133. The van der Waals surface area contributed by atoms with E-state index in [-0.39, 0.29) is 17.9 Å². The fourth-order valence-electron chi connectivity index (χ4n) is 1.32. The number of hydrogen-bond donors (Lipinski definition) is 0. The van der Waals surface area contributed by atoms with Gasteiger partial charge in [0.15, 0.2) is 0 Å². The van der Waals surface area contributed by atoms with Gasteiger partial charge in [-0.1, -0.05) is 19.8 Å². The molecule has 0 aromatic heterocycles. The standard InChI is InChI=1S/C11H20O3/c1-4-5-6-7-11(13)8-9(2)14-10(3)12/h9H,4-8H2,1-3H3. The summed E-state index contributed by atoms with van der Waals surface area (Å²) in [6.07, 6.45) is 3.84. The number of ether oxygens (including phenoxy) is 1. The number of hydrogen-bond acceptors (Lipinski definition) is 3. The van der Waals surface area contributed by atoms with Crippen LogP contribution in [0.3, 0.4) is 0 Å². The Morgan fingerprint density at radius 2 is 1.93 bits per heavy atom. The topological polar surface area (TPSA) is 43.4 Å². The van der Waals surface area contributed by atoms with Crippen molar-refractivity contribution < 1.29 is 14.3 Å². The van der Waals surface area contributed by atoms with Crippen LogP contribution in [0.15, 0.2) is 0 Å². The van der Waals surface area contributed by atoms with Gasteiger partial charge in [-0.25, -0.2) is 0 Å². The molecule has 0 saturated heterocycles. The molecule has 0 aliphatic heterocycles. The number of carbonyl (C=O) groups is 2. The quantitative estimate of drug-likeness (QED) is 0.468. The Morgan fingerprint density at radius 3 is 2.43 bits per heavy atom. The van der Waals surface area contributed by atoms with Crippen LogP contribution in [0.1, 0.15) is 52.9 Å². The zero-order chi connectivity index (χ0) is 11.0. The van der Waals surface area contributed by atoms with Gasteiger partial charge < -0.3 is 4.74 Å². The van der Waals surface area contributed by atoms with Crippen molar-refractivity contribution in [3.05, 3.63) is 0 Å². The molecule has 0 heterocycles. The summed E-state index contributed by atoms with van der Waals surface area (Å²) in [6, 6.07) is 0. The number of rotatable bonds is 7. The Hall–Kier alpha value is -0.860. The molecule has 0 aliphatic carbocycles. The highest BCUT2D eigenvalue weighted by Crippen LogP contribution is 2.06. The third-order valence-electron chi connectivity index (χ3n) is 1.94. The minimum atomic E-state index is -0.321. The van der Waals surface area contributed by atoms with Gasteiger partial charge in [-0.05, 0) is 13.3 Å². The zero-order valence-electron chi connectivity index (χ0n) is 9.34. The van der Waals surface area contributed by atoms with Crippen LogP contribution in [0.2, 0.25) is 0 Å². The SMILES string of the molecule is CCCCCC(=O)CC(C)OC(C)=O. The molecule has 0 aromatic rings. The lowest BCUT2D eigenvalue weighted by atomic mass is 10.1. The van der Waals surface area contributed by atoms with Gasteiger partial charge in [0.25, 0.3) is 0 Å². The van der Waals surface area contributed by atoms with Crippen LogP contribution >= 0.6 is 0 Å². The van der Waals surface area contributed by atoms with Gasteiger partial charge in [0.1, 0.15) is 11.9 Å². The normalized spacial score (nSPS) is 12.2. The first-order chi connectivity index (χ1) is 6.56. The van der Waals surface area contributed by atoms with E-state index in [0.29, 0.717) is 12.8 Å². The number of carbonyl (C=O) groups excluding carboxylic acids is 2. The molecule has 0 saturated carbocycles. The van der Waals surface area contributed by atoms with Crippen molar-refractivity contribution in [3.8, 4) is 0 Å². The highest BCUT2D eigenvalue weighted by atomic mass is 16.5. The van der Waals surface area contributed by atoms with E-state index < -0.39 is 0 Å². The summed E-state index contributed by atoms with van der Waals surface area (Å²) < 4.78 is 4.87. The van der Waals surface area contributed by atoms with E-state index >= 15 is 0 Å². The first-order valence-corrected chi connectivity index (χ1v) is 5.25. The number of ketones is 1. The minimum absolute atomic E-state index is 0.187. The van der Waals surface area contributed by atoms with Crippen molar-refractivity contribution in [2.45, 2.75) is 59.0 Å². The lowest BCUT2D eigenvalue weighted by Crippen LogP contribution is -2.16. The van der Waals surface area contributed by atoms with Crippen molar-refractivity contribution in [3.63, 3.8) is 0 Å². The molecular weight excluding hydrogens is 180 g/mol. The first-order valence-electron chi connectivity index (χ1n) is 5.25. The highest BCUT2D eigenvalue weighted by molar-refractivity contribution is 5.79. The third kappa shape index (κ3) is 7.77. The summed E-state index contributed by atoms with van der Waals surface area (Å²) in [5.41, 5.74) is 0. The Bertz CT molecular complexity index is 187. The van der Waals surface area contributed by atoms with Crippen LogP contribution in [0, 0.1) is 0 Å². The van der Waals surface area contributed by atoms with Gasteiger partial charge >= 0.3 is 5.97 Å². The average Bonchev–Trinajstić information content (AvgIpc) is 2.02. The molecule has 1 atom stereocenters. The van der Waals surface area contributed by atoms with E-state index in [4.69, 9.17) is 4.74 Å². The summed E-state index contributed by atoms with van der Waals surface area (Å²) in [4.78, 5) is 21.9. The van der Waals surface area contributed by atoms with E-state index in [2.05, 4.69) is 6.92 Å². The van der Waals surface area contributed by atoms with Crippen molar-refractivity contribution in [1.29, 1.82) is 0 Å². The van der Waals surface area contributed by atoms with E-state index in [1.807, 2.05) is 0 Å². The molecule has 3 nitrogen and oxygen atoms in total. The third-order valence-corrected chi connectivity index (χ3v) is 1.94. The van der Waals surface area contributed by atoms with Crippen LogP contribution in [0.4, 0.5) is 0 Å². The van der Waals surface area contributed by atoms with Crippen molar-refractivity contribution in [2.75, 3.05) is 0 Å². The van der Waals surface area contributed by atoms with Crippen LogP contribution in [-0.2, 0) is 14.3 Å². The van der Waals surface area contributed by atoms with Gasteiger partial charge in [0.05, 0.1) is 0 Å². The van der Waals surface area contributed by atoms with Crippen molar-refractivity contribution in [1.82, 2.24) is 0 Å². The number of esters is 1. The average molecular weight is 200 g/mol. The molecular formula is C11H20O3. The van der Waals surface area contributed by atoms with Crippen molar-refractivity contribution in [2.24, 2.45) is 0 Å². The van der Waals surface area contributed by atoms with Gasteiger partial charge in [-0.15, -0.1) is 0 Å². The summed E-state index contributed by atoms with van der Waals surface area (Å²) in [6.45, 7) is 5.21. The van der Waals surface area contributed by atoms with Gasteiger partial charge in [-0.2, -0.15) is 0 Å². The second-order valence-electron chi connectivity index (χ2n) is 3.62. The maximum absolute atomic E-state index is 11.3. The molecule has 82 valence electrons. The minimum Gasteiger partial charge on any atom is -0.462 e. The maximum atomic E-state index is 11.3. The molecule has 0 amide bonds. The Morgan fingerprint density at radius 1 is 1.29 bits per heavy atom. The Labute approximate surface area is 85.8 Å². The van der Waals surface area contributed by atoms with Crippen molar-refractivity contribution >= 4 is 11.8 Å². The van der Waals surface area contributed by atoms with E-state index in [0.717, 1.165) is 19.3 Å². The van der Waals surface area contributed by atoms with E-state index in [1.54, 1.807) is 6.92 Å². The van der Waals surface area contributed by atoms with Crippen LogP contribution < -0.4 is 0 Å². The first kappa shape index (κ1) is 13.1. The number of Topliss-reactive ketones (excluding diaryl/α,β-unsaturated/α-hetero) is 1. The molecule has 0 aliphatic rings. The summed E-state index contributed by atoms with van der Waals surface area (Å²) in [7, 11) is 0. The summed E-state index contributed by atoms with van der Waals surface area (Å²) in [5, 5.41) is 0. The Kier molecular flexibility index (Phi) is 7.07. The fraction of sp³-hybridized carbons (Fsp3) is 0.818. The van der Waals surface area contributed by atoms with Crippen LogP contribution in [-0.4, -0.2) is 17.9 Å². The predicted octanol–water partition coefficient (Wildman–Crippen LogP) is 2.48. The molecule has 0 aromatic carbocycles. The molecule has 14 heavy (non-hydrogen) atoms. The molecule has 0 N–H and O–H groups in total. The van der Waals surface area contributed by atoms with Crippen LogP contribution in [0.25, 0.3) is 0 Å². The van der Waals surface area contributed by atoms with Gasteiger partial charge in [0.2, 0.25) is 0 Å². The fourth-order valence-corrected chi connectivity index (χ4v) is 1.32. The number of unbranched alkanes of at least 4 members (excludes halogenated alkanes) is 2. The monoisotopic (exact) mass is 200 g/mol. The molecule has 3 heteroatoms. The molecule has 0 spiro atoms. The molecule has 0 bridgehead atoms. The predicted molar refractivity (Wildman–Crippen MR) is 55.0 cm³/mol. The lowest BCUT2D eigenvalue weighted by Gasteiger charge is -2.10. The lowest BCUT2D eigenvalue weighted by molar-refractivity contribution is -0.146. The van der Waals surface area contributed by atoms with E-state index in [9.17, 15) is 9.59 Å². The van der Waals surface area contributed by atoms with Gasteiger partial charge in [-0.3, -0.25) is 9.59 Å². The zero-order valence-corrected chi connectivity index (χ0v) is 9.34. The maximum Gasteiger partial charge on any atom is 0.302 e. The summed E-state index contributed by atoms with van der Waals surface area (Å²) >= 11 is 0. The van der Waals surface area contributed by atoms with Gasteiger partial charge in [0, 0.05) is 19.8 Å². The smallest absolute Gasteiger partial charge is 0.302 e. The Balaban J connectivity index is 3.55. The molecule has 0 rings (SSSR count). The molecule has 0 radical (unpaired) electrons. The largest absolute Gasteiger partial charge is 0.462 e. The molecule has 1 unspecified atom stereocenters. The highest BCUT2D eigenvalue weighted by Gasteiger charge is 2.10. The van der Waals surface area contributed by atoms with E-state index in [1.165, 1.54) is 6.92 Å². The van der Waals surface area contributed by atoms with Crippen LogP contribution in [0.5, 0.6) is 0 Å². The second-order valence-corrected chi connectivity index (χ2v) is 3.62. The molecule has 0 fully saturated rings.